The minimum Gasteiger partial charge on any atom is -0.495 e. The van der Waals surface area contributed by atoms with Crippen LogP contribution >= 0.6 is 23.2 Å². The fourth-order valence-corrected chi connectivity index (χ4v) is 2.90. The lowest BCUT2D eigenvalue weighted by Crippen LogP contribution is -2.22. The molecule has 0 heterocycles. The first kappa shape index (κ1) is 17.4. The number of nitrogens with one attached hydrogen (secondary N) is 2. The predicted molar refractivity (Wildman–Crippen MR) is 96.0 cm³/mol. The summed E-state index contributed by atoms with van der Waals surface area (Å²) < 4.78 is 5.07. The zero-order valence-electron chi connectivity index (χ0n) is 13.2. The number of anilines is 2. The van der Waals surface area contributed by atoms with E-state index >= 15 is 0 Å². The zero-order valence-corrected chi connectivity index (χ0v) is 14.7. The largest absolute Gasteiger partial charge is 0.495 e. The molecule has 0 spiro atoms. The fraction of sp³-hybridized carbons (Fsp3) is 0.235. The van der Waals surface area contributed by atoms with Gasteiger partial charge in [-0.2, -0.15) is 0 Å². The molecule has 0 aliphatic rings. The molecule has 0 bridgehead atoms. The molecular formula is C17H18Cl2N2O2. The molecule has 1 amide bonds. The summed E-state index contributed by atoms with van der Waals surface area (Å²) >= 11 is 12.2. The highest BCUT2D eigenvalue weighted by atomic mass is 35.5. The Morgan fingerprint density at radius 2 is 1.87 bits per heavy atom. The topological polar surface area (TPSA) is 50.4 Å². The molecule has 0 saturated carbocycles. The van der Waals surface area contributed by atoms with Crippen LogP contribution in [0.4, 0.5) is 11.4 Å². The van der Waals surface area contributed by atoms with E-state index < -0.39 is 0 Å². The normalized spacial score (nSPS) is 10.3. The van der Waals surface area contributed by atoms with Crippen molar-refractivity contribution in [1.82, 2.24) is 0 Å². The van der Waals surface area contributed by atoms with Crippen LogP contribution in [-0.2, 0) is 4.79 Å². The van der Waals surface area contributed by atoms with Crippen molar-refractivity contribution in [3.05, 3.63) is 51.5 Å². The summed E-state index contributed by atoms with van der Waals surface area (Å²) in [5.74, 6) is 0.368. The Labute approximate surface area is 145 Å². The second kappa shape index (κ2) is 7.57. The number of ether oxygens (including phenoxy) is 1. The van der Waals surface area contributed by atoms with Gasteiger partial charge in [0.25, 0.3) is 0 Å². The standard InChI is InChI=1S/C17H18Cl2N2O2/c1-10-6-11(2)17(14(19)7-10)20-9-16(22)21-12-4-5-15(23-3)13(18)8-12/h4-8,20H,9H2,1-3H3,(H,21,22). The van der Waals surface area contributed by atoms with Gasteiger partial charge in [0.05, 0.1) is 29.4 Å². The number of methoxy groups -OCH3 is 1. The van der Waals surface area contributed by atoms with E-state index in [9.17, 15) is 4.79 Å². The molecule has 23 heavy (non-hydrogen) atoms. The Morgan fingerprint density at radius 1 is 1.13 bits per heavy atom. The number of hydrogen-bond donors (Lipinski definition) is 2. The summed E-state index contributed by atoms with van der Waals surface area (Å²) in [4.78, 5) is 12.1. The minimum atomic E-state index is -0.192. The first-order valence-corrected chi connectivity index (χ1v) is 7.80. The molecule has 0 aromatic heterocycles. The highest BCUT2D eigenvalue weighted by Crippen LogP contribution is 2.28. The molecular weight excluding hydrogens is 335 g/mol. The molecule has 0 saturated heterocycles. The summed E-state index contributed by atoms with van der Waals surface area (Å²) in [6.07, 6.45) is 0. The lowest BCUT2D eigenvalue weighted by atomic mass is 10.1. The third-order valence-corrected chi connectivity index (χ3v) is 3.89. The van der Waals surface area contributed by atoms with E-state index in [0.29, 0.717) is 21.5 Å². The molecule has 2 aromatic carbocycles. The monoisotopic (exact) mass is 352 g/mol. The van der Waals surface area contributed by atoms with Gasteiger partial charge in [-0.25, -0.2) is 0 Å². The molecule has 0 fully saturated rings. The van der Waals surface area contributed by atoms with Crippen molar-refractivity contribution in [2.24, 2.45) is 0 Å². The van der Waals surface area contributed by atoms with Crippen molar-refractivity contribution in [2.75, 3.05) is 24.3 Å². The predicted octanol–water partition coefficient (Wildman–Crippen LogP) is 4.67. The maximum absolute atomic E-state index is 12.1. The number of benzene rings is 2. The van der Waals surface area contributed by atoms with E-state index in [1.807, 2.05) is 26.0 Å². The number of carbonyl (C=O) groups is 1. The quantitative estimate of drug-likeness (QED) is 0.821. The average molecular weight is 353 g/mol. The van der Waals surface area contributed by atoms with E-state index in [1.165, 1.54) is 7.11 Å². The van der Waals surface area contributed by atoms with Crippen LogP contribution in [-0.4, -0.2) is 19.6 Å². The summed E-state index contributed by atoms with van der Waals surface area (Å²) in [6.45, 7) is 4.03. The minimum absolute atomic E-state index is 0.104. The number of halogens is 2. The third-order valence-electron chi connectivity index (χ3n) is 3.29. The average Bonchev–Trinajstić information content (AvgIpc) is 2.46. The SMILES string of the molecule is COc1ccc(NC(=O)CNc2c(C)cc(C)cc2Cl)cc1Cl. The molecule has 0 unspecified atom stereocenters. The molecule has 2 aromatic rings. The molecule has 4 nitrogen and oxygen atoms in total. The maximum Gasteiger partial charge on any atom is 0.243 e. The van der Waals surface area contributed by atoms with Crippen LogP contribution in [0.2, 0.25) is 10.0 Å². The Kier molecular flexibility index (Phi) is 5.74. The van der Waals surface area contributed by atoms with Gasteiger partial charge in [0.2, 0.25) is 5.91 Å². The smallest absolute Gasteiger partial charge is 0.243 e. The molecule has 122 valence electrons. The van der Waals surface area contributed by atoms with Gasteiger partial charge in [-0.05, 0) is 49.2 Å². The molecule has 0 atom stereocenters. The van der Waals surface area contributed by atoms with Crippen molar-refractivity contribution < 1.29 is 9.53 Å². The van der Waals surface area contributed by atoms with Crippen molar-refractivity contribution in [2.45, 2.75) is 13.8 Å². The van der Waals surface area contributed by atoms with Gasteiger partial charge in [0.1, 0.15) is 5.75 Å². The van der Waals surface area contributed by atoms with Crippen LogP contribution in [0.5, 0.6) is 5.75 Å². The van der Waals surface area contributed by atoms with Gasteiger partial charge in [-0.15, -0.1) is 0 Å². The van der Waals surface area contributed by atoms with Gasteiger partial charge in [0, 0.05) is 5.69 Å². The number of rotatable bonds is 5. The Hall–Kier alpha value is -1.91. The number of aryl methyl sites for hydroxylation is 2. The molecule has 0 aliphatic carbocycles. The van der Waals surface area contributed by atoms with Crippen LogP contribution in [0.25, 0.3) is 0 Å². The van der Waals surface area contributed by atoms with Crippen LogP contribution in [0.15, 0.2) is 30.3 Å². The van der Waals surface area contributed by atoms with Gasteiger partial charge in [0.15, 0.2) is 0 Å². The Morgan fingerprint density at radius 3 is 2.48 bits per heavy atom. The summed E-state index contributed by atoms with van der Waals surface area (Å²) in [6, 6.07) is 8.94. The number of carbonyl (C=O) groups excluding carboxylic acids is 1. The lowest BCUT2D eigenvalue weighted by molar-refractivity contribution is -0.114. The van der Waals surface area contributed by atoms with Gasteiger partial charge in [-0.1, -0.05) is 29.3 Å². The highest BCUT2D eigenvalue weighted by molar-refractivity contribution is 6.33. The second-order valence-electron chi connectivity index (χ2n) is 5.19. The summed E-state index contributed by atoms with van der Waals surface area (Å²) in [5.41, 5.74) is 3.44. The van der Waals surface area contributed by atoms with Crippen LogP contribution in [0.3, 0.4) is 0 Å². The summed E-state index contributed by atoms with van der Waals surface area (Å²) in [5, 5.41) is 6.87. The fourth-order valence-electron chi connectivity index (χ4n) is 2.26. The van der Waals surface area contributed by atoms with E-state index in [4.69, 9.17) is 27.9 Å². The van der Waals surface area contributed by atoms with E-state index in [2.05, 4.69) is 10.6 Å². The Balaban J connectivity index is 1.99. The van der Waals surface area contributed by atoms with Gasteiger partial charge < -0.3 is 15.4 Å². The van der Waals surface area contributed by atoms with E-state index in [-0.39, 0.29) is 12.5 Å². The van der Waals surface area contributed by atoms with Gasteiger partial charge in [-0.3, -0.25) is 4.79 Å². The van der Waals surface area contributed by atoms with E-state index in [0.717, 1.165) is 16.8 Å². The van der Waals surface area contributed by atoms with Crippen molar-refractivity contribution in [3.8, 4) is 5.75 Å². The third kappa shape index (κ3) is 4.53. The van der Waals surface area contributed by atoms with E-state index in [1.54, 1.807) is 18.2 Å². The van der Waals surface area contributed by atoms with Crippen LogP contribution in [0, 0.1) is 13.8 Å². The van der Waals surface area contributed by atoms with Crippen molar-refractivity contribution in [3.63, 3.8) is 0 Å². The van der Waals surface area contributed by atoms with Gasteiger partial charge >= 0.3 is 0 Å². The van der Waals surface area contributed by atoms with Crippen molar-refractivity contribution in [1.29, 1.82) is 0 Å². The lowest BCUT2D eigenvalue weighted by Gasteiger charge is -2.13. The second-order valence-corrected chi connectivity index (χ2v) is 6.00. The number of hydrogen-bond acceptors (Lipinski definition) is 3. The first-order chi connectivity index (χ1) is 10.9. The molecule has 0 aliphatic heterocycles. The number of amides is 1. The van der Waals surface area contributed by atoms with Crippen LogP contribution < -0.4 is 15.4 Å². The van der Waals surface area contributed by atoms with Crippen molar-refractivity contribution >= 4 is 40.5 Å². The maximum atomic E-state index is 12.1. The summed E-state index contributed by atoms with van der Waals surface area (Å²) in [7, 11) is 1.54. The zero-order chi connectivity index (χ0) is 17.0. The molecule has 2 rings (SSSR count). The van der Waals surface area contributed by atoms with Crippen LogP contribution in [0.1, 0.15) is 11.1 Å². The molecule has 6 heteroatoms. The Bertz CT molecular complexity index is 710. The molecule has 0 radical (unpaired) electrons. The highest BCUT2D eigenvalue weighted by Gasteiger charge is 2.09. The first-order valence-electron chi connectivity index (χ1n) is 7.04. The molecule has 2 N–H and O–H groups in total.